The molecule has 120 valence electrons. The Morgan fingerprint density at radius 2 is 1.05 bits per heavy atom. The molecular weight excluding hydrogens is 244 g/mol. The van der Waals surface area contributed by atoms with E-state index >= 15 is 0 Å². The van der Waals surface area contributed by atoms with Gasteiger partial charge in [0.05, 0.1) is 0 Å². The van der Waals surface area contributed by atoms with Gasteiger partial charge in [-0.3, -0.25) is 0 Å². The molecule has 0 saturated carbocycles. The van der Waals surface area contributed by atoms with E-state index in [0.717, 1.165) is 18.0 Å². The van der Waals surface area contributed by atoms with Crippen molar-refractivity contribution in [1.82, 2.24) is 9.80 Å². The van der Waals surface area contributed by atoms with Crippen molar-refractivity contribution in [3.8, 4) is 0 Å². The summed E-state index contributed by atoms with van der Waals surface area (Å²) in [4.78, 5) is 5.16. The largest absolute Gasteiger partial charge is 0.301 e. The second-order valence-electron chi connectivity index (χ2n) is 7.36. The van der Waals surface area contributed by atoms with E-state index < -0.39 is 0 Å². The lowest BCUT2D eigenvalue weighted by molar-refractivity contribution is 0.156. The van der Waals surface area contributed by atoms with Gasteiger partial charge in [0.25, 0.3) is 0 Å². The highest BCUT2D eigenvalue weighted by Crippen LogP contribution is 2.17. The Labute approximate surface area is 127 Å². The SMILES string of the molecule is CC(C)N1CCCCCC1.CC1CCN(C(C)C)CC1. The van der Waals surface area contributed by atoms with E-state index in [2.05, 4.69) is 44.4 Å². The predicted octanol–water partition coefficient (Wildman–Crippen LogP) is 4.40. The lowest BCUT2D eigenvalue weighted by atomic mass is 9.98. The van der Waals surface area contributed by atoms with E-state index in [-0.39, 0.29) is 0 Å². The zero-order valence-electron chi connectivity index (χ0n) is 14.7. The van der Waals surface area contributed by atoms with Gasteiger partial charge in [-0.05, 0) is 85.5 Å². The minimum absolute atomic E-state index is 0.757. The lowest BCUT2D eigenvalue weighted by Gasteiger charge is -2.33. The first kappa shape index (κ1) is 18.0. The minimum atomic E-state index is 0.757. The Bertz CT molecular complexity index is 222. The monoisotopic (exact) mass is 282 g/mol. The van der Waals surface area contributed by atoms with E-state index in [1.807, 2.05) is 0 Å². The van der Waals surface area contributed by atoms with Gasteiger partial charge in [0.1, 0.15) is 0 Å². The van der Waals surface area contributed by atoms with Crippen LogP contribution in [0.2, 0.25) is 0 Å². The smallest absolute Gasteiger partial charge is 0.00385 e. The minimum Gasteiger partial charge on any atom is -0.301 e. The average molecular weight is 283 g/mol. The number of hydrogen-bond donors (Lipinski definition) is 0. The van der Waals surface area contributed by atoms with E-state index in [0.29, 0.717) is 0 Å². The molecule has 2 nitrogen and oxygen atoms in total. The molecule has 0 aromatic carbocycles. The third-order valence-electron chi connectivity index (χ3n) is 4.92. The van der Waals surface area contributed by atoms with Crippen LogP contribution in [-0.2, 0) is 0 Å². The van der Waals surface area contributed by atoms with E-state index in [1.165, 1.54) is 64.7 Å². The fourth-order valence-corrected chi connectivity index (χ4v) is 3.16. The highest BCUT2D eigenvalue weighted by Gasteiger charge is 2.16. The van der Waals surface area contributed by atoms with Crippen molar-refractivity contribution in [3.63, 3.8) is 0 Å². The van der Waals surface area contributed by atoms with Gasteiger partial charge < -0.3 is 9.80 Å². The normalized spacial score (nSPS) is 23.6. The van der Waals surface area contributed by atoms with E-state index in [4.69, 9.17) is 0 Å². The third kappa shape index (κ3) is 7.08. The summed E-state index contributed by atoms with van der Waals surface area (Å²) in [5.74, 6) is 0.968. The molecule has 2 rings (SSSR count). The molecule has 2 fully saturated rings. The summed E-state index contributed by atoms with van der Waals surface area (Å²) >= 11 is 0. The van der Waals surface area contributed by atoms with Crippen LogP contribution in [0, 0.1) is 5.92 Å². The summed E-state index contributed by atoms with van der Waals surface area (Å²) < 4.78 is 0. The standard InChI is InChI=1S/2C9H19N/c1-8(2)10-6-4-9(3)5-7-10;1-9(2)10-7-5-3-4-6-8-10/h8-9H,4-7H2,1-3H3;9H,3-8H2,1-2H3. The van der Waals surface area contributed by atoms with Crippen molar-refractivity contribution < 1.29 is 0 Å². The maximum Gasteiger partial charge on any atom is 0.00385 e. The number of rotatable bonds is 2. The Morgan fingerprint density at radius 3 is 1.45 bits per heavy atom. The van der Waals surface area contributed by atoms with Gasteiger partial charge in [0.2, 0.25) is 0 Å². The van der Waals surface area contributed by atoms with Crippen LogP contribution in [0.4, 0.5) is 0 Å². The van der Waals surface area contributed by atoms with Gasteiger partial charge in [-0.15, -0.1) is 0 Å². The van der Waals surface area contributed by atoms with Crippen LogP contribution in [0.3, 0.4) is 0 Å². The summed E-state index contributed by atoms with van der Waals surface area (Å²) in [6, 6.07) is 1.52. The van der Waals surface area contributed by atoms with Gasteiger partial charge in [0.15, 0.2) is 0 Å². The fourth-order valence-electron chi connectivity index (χ4n) is 3.16. The second kappa shape index (κ2) is 9.78. The van der Waals surface area contributed by atoms with Gasteiger partial charge in [-0.25, -0.2) is 0 Å². The molecule has 0 atom stereocenters. The van der Waals surface area contributed by atoms with Gasteiger partial charge in [0, 0.05) is 12.1 Å². The molecule has 0 amide bonds. The highest BCUT2D eigenvalue weighted by atomic mass is 15.1. The summed E-state index contributed by atoms with van der Waals surface area (Å²) in [6.45, 7) is 16.8. The molecule has 2 aliphatic rings. The predicted molar refractivity (Wildman–Crippen MR) is 90.3 cm³/mol. The fraction of sp³-hybridized carbons (Fsp3) is 1.00. The molecule has 0 aromatic heterocycles. The van der Waals surface area contributed by atoms with Crippen molar-refractivity contribution in [3.05, 3.63) is 0 Å². The molecule has 0 bridgehead atoms. The Balaban J connectivity index is 0.000000200. The molecular formula is C18H38N2. The molecule has 2 heteroatoms. The quantitative estimate of drug-likeness (QED) is 0.741. The average Bonchev–Trinajstić information content (AvgIpc) is 2.69. The number of hydrogen-bond acceptors (Lipinski definition) is 2. The zero-order valence-corrected chi connectivity index (χ0v) is 14.7. The number of piperidine rings is 1. The zero-order chi connectivity index (χ0) is 15.0. The first-order valence-corrected chi connectivity index (χ1v) is 8.98. The molecule has 2 saturated heterocycles. The molecule has 2 aliphatic heterocycles. The van der Waals surface area contributed by atoms with Crippen molar-refractivity contribution in [2.24, 2.45) is 5.92 Å². The van der Waals surface area contributed by atoms with Crippen molar-refractivity contribution in [2.75, 3.05) is 26.2 Å². The van der Waals surface area contributed by atoms with Crippen molar-refractivity contribution in [2.45, 2.75) is 85.2 Å². The topological polar surface area (TPSA) is 6.48 Å². The molecule has 0 radical (unpaired) electrons. The molecule has 0 N–H and O–H groups in total. The maximum atomic E-state index is 2.59. The van der Waals surface area contributed by atoms with Crippen LogP contribution < -0.4 is 0 Å². The van der Waals surface area contributed by atoms with Crippen LogP contribution in [0.25, 0.3) is 0 Å². The van der Waals surface area contributed by atoms with Crippen LogP contribution in [0.15, 0.2) is 0 Å². The first-order valence-electron chi connectivity index (χ1n) is 8.98. The van der Waals surface area contributed by atoms with Crippen LogP contribution in [0.5, 0.6) is 0 Å². The number of nitrogens with zero attached hydrogens (tertiary/aromatic N) is 2. The molecule has 0 spiro atoms. The van der Waals surface area contributed by atoms with Crippen LogP contribution in [-0.4, -0.2) is 48.1 Å². The molecule has 0 unspecified atom stereocenters. The second-order valence-corrected chi connectivity index (χ2v) is 7.36. The summed E-state index contributed by atoms with van der Waals surface area (Å²) in [6.07, 6.45) is 8.53. The van der Waals surface area contributed by atoms with Crippen LogP contribution >= 0.6 is 0 Å². The molecule has 2 heterocycles. The van der Waals surface area contributed by atoms with Crippen molar-refractivity contribution in [1.29, 1.82) is 0 Å². The summed E-state index contributed by atoms with van der Waals surface area (Å²) in [7, 11) is 0. The first-order chi connectivity index (χ1) is 9.50. The molecule has 20 heavy (non-hydrogen) atoms. The highest BCUT2D eigenvalue weighted by molar-refractivity contribution is 4.71. The molecule has 0 aromatic rings. The van der Waals surface area contributed by atoms with E-state index in [9.17, 15) is 0 Å². The van der Waals surface area contributed by atoms with Gasteiger partial charge in [-0.2, -0.15) is 0 Å². The Hall–Kier alpha value is -0.0800. The molecule has 0 aliphatic carbocycles. The Kier molecular flexibility index (Phi) is 8.79. The third-order valence-corrected chi connectivity index (χ3v) is 4.92. The van der Waals surface area contributed by atoms with Gasteiger partial charge >= 0.3 is 0 Å². The summed E-state index contributed by atoms with van der Waals surface area (Å²) in [5.41, 5.74) is 0. The number of likely N-dealkylation sites (tertiary alicyclic amines) is 2. The van der Waals surface area contributed by atoms with Crippen molar-refractivity contribution >= 4 is 0 Å². The maximum absolute atomic E-state index is 2.59. The lowest BCUT2D eigenvalue weighted by Crippen LogP contribution is -2.37. The van der Waals surface area contributed by atoms with Gasteiger partial charge in [-0.1, -0.05) is 19.8 Å². The van der Waals surface area contributed by atoms with E-state index in [1.54, 1.807) is 0 Å². The van der Waals surface area contributed by atoms with Crippen LogP contribution in [0.1, 0.15) is 73.1 Å². The summed E-state index contributed by atoms with van der Waals surface area (Å²) in [5, 5.41) is 0. The Morgan fingerprint density at radius 1 is 0.650 bits per heavy atom.